The van der Waals surface area contributed by atoms with Crippen molar-refractivity contribution in [1.82, 2.24) is 0 Å². The molecule has 29 heavy (non-hydrogen) atoms. The van der Waals surface area contributed by atoms with Gasteiger partial charge in [0.15, 0.2) is 5.75 Å². The van der Waals surface area contributed by atoms with E-state index < -0.39 is 11.9 Å². The summed E-state index contributed by atoms with van der Waals surface area (Å²) in [5.74, 6) is -0.424. The van der Waals surface area contributed by atoms with E-state index in [1.807, 2.05) is 43.3 Å². The summed E-state index contributed by atoms with van der Waals surface area (Å²) in [5, 5.41) is 0. The molecule has 0 bridgehead atoms. The van der Waals surface area contributed by atoms with Crippen molar-refractivity contribution >= 4 is 24.1 Å². The van der Waals surface area contributed by atoms with Crippen LogP contribution in [0.2, 0.25) is 0 Å². The van der Waals surface area contributed by atoms with E-state index in [0.29, 0.717) is 29.7 Å². The Balaban J connectivity index is 2.71. The average Bonchev–Trinajstić information content (AvgIpc) is 2.70. The summed E-state index contributed by atoms with van der Waals surface area (Å²) in [6, 6.07) is 11.4. The largest absolute Gasteiger partial charge is 0.496 e. The SMILES string of the molecule is C=C(C)CCc1c(OC)cc(/C=C/c2ccccc2)c(C(=O)OC)c1OC(C)=O. The number of hydrogen-bond donors (Lipinski definition) is 0. The molecule has 0 atom stereocenters. The van der Waals surface area contributed by atoms with Crippen molar-refractivity contribution < 1.29 is 23.8 Å². The first-order chi connectivity index (χ1) is 13.9. The number of benzene rings is 2. The van der Waals surface area contributed by atoms with Crippen LogP contribution in [-0.2, 0) is 16.0 Å². The van der Waals surface area contributed by atoms with E-state index in [4.69, 9.17) is 14.2 Å². The lowest BCUT2D eigenvalue weighted by Gasteiger charge is -2.19. The molecule has 0 unspecified atom stereocenters. The van der Waals surface area contributed by atoms with Crippen LogP contribution in [-0.4, -0.2) is 26.2 Å². The second-order valence-corrected chi connectivity index (χ2v) is 6.64. The maximum atomic E-state index is 12.6. The molecule has 5 nitrogen and oxygen atoms in total. The van der Waals surface area contributed by atoms with E-state index in [1.54, 1.807) is 19.3 Å². The molecule has 0 radical (unpaired) electrons. The van der Waals surface area contributed by atoms with Crippen LogP contribution in [0.3, 0.4) is 0 Å². The van der Waals surface area contributed by atoms with Gasteiger partial charge >= 0.3 is 11.9 Å². The van der Waals surface area contributed by atoms with Gasteiger partial charge < -0.3 is 14.2 Å². The first kappa shape index (κ1) is 22.0. The molecule has 0 aliphatic carbocycles. The first-order valence-corrected chi connectivity index (χ1v) is 9.25. The molecule has 0 spiro atoms. The van der Waals surface area contributed by atoms with Crippen LogP contribution in [0.5, 0.6) is 11.5 Å². The summed E-state index contributed by atoms with van der Waals surface area (Å²) < 4.78 is 16.0. The second kappa shape index (κ2) is 10.3. The Hall–Kier alpha value is -3.34. The molecule has 5 heteroatoms. The summed E-state index contributed by atoms with van der Waals surface area (Å²) in [4.78, 5) is 24.4. The molecule has 0 saturated carbocycles. The van der Waals surface area contributed by atoms with E-state index in [-0.39, 0.29) is 11.3 Å². The molecule has 0 fully saturated rings. The van der Waals surface area contributed by atoms with E-state index in [0.717, 1.165) is 11.1 Å². The Morgan fingerprint density at radius 2 is 1.76 bits per heavy atom. The van der Waals surface area contributed by atoms with Gasteiger partial charge in [-0.15, -0.1) is 6.58 Å². The number of carbonyl (C=O) groups excluding carboxylic acids is 2. The minimum absolute atomic E-state index is 0.165. The number of carbonyl (C=O) groups is 2. The zero-order chi connectivity index (χ0) is 21.4. The average molecular weight is 394 g/mol. The number of allylic oxidation sites excluding steroid dienone is 1. The molecule has 0 aromatic heterocycles. The maximum absolute atomic E-state index is 12.6. The Morgan fingerprint density at radius 3 is 2.31 bits per heavy atom. The van der Waals surface area contributed by atoms with Gasteiger partial charge in [-0.3, -0.25) is 4.79 Å². The van der Waals surface area contributed by atoms with Crippen LogP contribution in [0.15, 0.2) is 48.6 Å². The molecule has 0 saturated heterocycles. The molecular formula is C24H26O5. The van der Waals surface area contributed by atoms with Crippen molar-refractivity contribution in [2.24, 2.45) is 0 Å². The second-order valence-electron chi connectivity index (χ2n) is 6.64. The van der Waals surface area contributed by atoms with E-state index in [1.165, 1.54) is 14.0 Å². The summed E-state index contributed by atoms with van der Waals surface area (Å²) >= 11 is 0. The van der Waals surface area contributed by atoms with E-state index >= 15 is 0 Å². The van der Waals surface area contributed by atoms with Gasteiger partial charge in [-0.2, -0.15) is 0 Å². The standard InChI is InChI=1S/C24H26O5/c1-16(2)11-14-20-21(27-4)15-19(13-12-18-9-7-6-8-10-18)22(24(26)28-5)23(20)29-17(3)25/h6-10,12-13,15H,1,11,14H2,2-5H3/b13-12+. The van der Waals surface area contributed by atoms with Gasteiger partial charge in [0.1, 0.15) is 11.3 Å². The number of hydrogen-bond acceptors (Lipinski definition) is 5. The zero-order valence-corrected chi connectivity index (χ0v) is 17.3. The molecule has 0 N–H and O–H groups in total. The van der Waals surface area contributed by atoms with Gasteiger partial charge in [-0.1, -0.05) is 48.1 Å². The zero-order valence-electron chi connectivity index (χ0n) is 17.3. The van der Waals surface area contributed by atoms with Crippen molar-refractivity contribution in [2.45, 2.75) is 26.7 Å². The number of methoxy groups -OCH3 is 2. The van der Waals surface area contributed by atoms with Crippen LogP contribution in [0, 0.1) is 0 Å². The minimum Gasteiger partial charge on any atom is -0.496 e. The summed E-state index contributed by atoms with van der Waals surface area (Å²) in [7, 11) is 2.84. The fourth-order valence-corrected chi connectivity index (χ4v) is 2.90. The lowest BCUT2D eigenvalue weighted by molar-refractivity contribution is -0.131. The normalized spacial score (nSPS) is 10.6. The number of rotatable bonds is 8. The van der Waals surface area contributed by atoms with Crippen LogP contribution in [0.4, 0.5) is 0 Å². The fourth-order valence-electron chi connectivity index (χ4n) is 2.90. The van der Waals surface area contributed by atoms with Crippen molar-refractivity contribution in [1.29, 1.82) is 0 Å². The lowest BCUT2D eigenvalue weighted by atomic mass is 9.96. The predicted molar refractivity (Wildman–Crippen MR) is 114 cm³/mol. The molecular weight excluding hydrogens is 368 g/mol. The van der Waals surface area contributed by atoms with Crippen LogP contribution in [0.25, 0.3) is 12.2 Å². The third-order valence-electron chi connectivity index (χ3n) is 4.29. The van der Waals surface area contributed by atoms with Crippen molar-refractivity contribution in [3.8, 4) is 11.5 Å². The Kier molecular flexibility index (Phi) is 7.78. The van der Waals surface area contributed by atoms with E-state index in [2.05, 4.69) is 6.58 Å². The third kappa shape index (κ3) is 5.82. The quantitative estimate of drug-likeness (QED) is 0.270. The van der Waals surface area contributed by atoms with Crippen molar-refractivity contribution in [3.05, 3.63) is 70.8 Å². The van der Waals surface area contributed by atoms with Crippen LogP contribution < -0.4 is 9.47 Å². The van der Waals surface area contributed by atoms with Gasteiger partial charge in [0.25, 0.3) is 0 Å². The molecule has 0 heterocycles. The van der Waals surface area contributed by atoms with E-state index in [9.17, 15) is 9.59 Å². The molecule has 2 rings (SSSR count). The monoisotopic (exact) mass is 394 g/mol. The predicted octanol–water partition coefficient (Wildman–Crippen LogP) is 5.09. The maximum Gasteiger partial charge on any atom is 0.342 e. The fraction of sp³-hybridized carbons (Fsp3) is 0.250. The highest BCUT2D eigenvalue weighted by Crippen LogP contribution is 2.38. The van der Waals surface area contributed by atoms with Gasteiger partial charge in [0, 0.05) is 12.5 Å². The van der Waals surface area contributed by atoms with Crippen molar-refractivity contribution in [3.63, 3.8) is 0 Å². The van der Waals surface area contributed by atoms with Gasteiger partial charge in [-0.05, 0) is 37.0 Å². The highest BCUT2D eigenvalue weighted by atomic mass is 16.5. The van der Waals surface area contributed by atoms with Crippen LogP contribution in [0.1, 0.15) is 47.3 Å². The molecule has 2 aromatic rings. The number of esters is 2. The Bertz CT molecular complexity index is 926. The highest BCUT2D eigenvalue weighted by molar-refractivity contribution is 5.99. The minimum atomic E-state index is -0.590. The summed E-state index contributed by atoms with van der Waals surface area (Å²) in [6.45, 7) is 7.13. The highest BCUT2D eigenvalue weighted by Gasteiger charge is 2.25. The molecule has 0 amide bonds. The van der Waals surface area contributed by atoms with Crippen molar-refractivity contribution in [2.75, 3.05) is 14.2 Å². The lowest BCUT2D eigenvalue weighted by Crippen LogP contribution is -2.14. The van der Waals surface area contributed by atoms with Crippen LogP contribution >= 0.6 is 0 Å². The third-order valence-corrected chi connectivity index (χ3v) is 4.29. The number of ether oxygens (including phenoxy) is 3. The summed E-state index contributed by atoms with van der Waals surface area (Å²) in [5.41, 5.74) is 3.28. The molecule has 0 aliphatic rings. The smallest absolute Gasteiger partial charge is 0.342 e. The molecule has 2 aromatic carbocycles. The topological polar surface area (TPSA) is 61.8 Å². The van der Waals surface area contributed by atoms with Gasteiger partial charge in [0.05, 0.1) is 14.2 Å². The van der Waals surface area contributed by atoms with Gasteiger partial charge in [-0.25, -0.2) is 4.79 Å². The van der Waals surface area contributed by atoms with Gasteiger partial charge in [0.2, 0.25) is 0 Å². The molecule has 0 aliphatic heterocycles. The Morgan fingerprint density at radius 1 is 1.07 bits per heavy atom. The summed E-state index contributed by atoms with van der Waals surface area (Å²) in [6.07, 6.45) is 4.81. The Labute approximate surface area is 171 Å². The first-order valence-electron chi connectivity index (χ1n) is 9.25. The molecule has 152 valence electrons.